The second-order valence-electron chi connectivity index (χ2n) is 2.98. The molecule has 0 spiro atoms. The minimum atomic E-state index is 0.0809. The van der Waals surface area contributed by atoms with Crippen molar-refractivity contribution in [1.29, 1.82) is 5.41 Å². The van der Waals surface area contributed by atoms with Crippen LogP contribution in [-0.2, 0) is 0 Å². The lowest BCUT2D eigenvalue weighted by atomic mass is 10.4. The van der Waals surface area contributed by atoms with Crippen molar-refractivity contribution in [1.82, 2.24) is 29.5 Å². The number of rotatable bonds is 0. The summed E-state index contributed by atoms with van der Waals surface area (Å²) < 4.78 is 2.68. The van der Waals surface area contributed by atoms with Crippen LogP contribution in [0.15, 0.2) is 18.6 Å². The molecule has 0 amide bonds. The van der Waals surface area contributed by atoms with Gasteiger partial charge in [0.2, 0.25) is 0 Å². The van der Waals surface area contributed by atoms with Gasteiger partial charge in [0, 0.05) is 6.20 Å². The van der Waals surface area contributed by atoms with E-state index in [4.69, 9.17) is 11.3 Å². The first-order valence-corrected chi connectivity index (χ1v) is 4.15. The second kappa shape index (κ2) is 2.50. The van der Waals surface area contributed by atoms with Crippen LogP contribution in [0.3, 0.4) is 0 Å². The number of nitrogens with two attached hydrogens (primary N) is 1. The molecule has 0 saturated carbocycles. The lowest BCUT2D eigenvalue weighted by Crippen LogP contribution is -2.27. The van der Waals surface area contributed by atoms with Crippen LogP contribution in [0, 0.1) is 5.41 Å². The maximum absolute atomic E-state index is 7.69. The molecule has 0 aliphatic carbocycles. The molecule has 0 aromatic carbocycles. The summed E-state index contributed by atoms with van der Waals surface area (Å²) in [6, 6.07) is 1.71. The van der Waals surface area contributed by atoms with Crippen LogP contribution in [0.4, 0.5) is 0 Å². The van der Waals surface area contributed by atoms with Crippen LogP contribution in [-0.4, -0.2) is 29.5 Å². The normalized spacial score (nSPS) is 11.2. The monoisotopic (exact) mass is 202 g/mol. The topological polar surface area (TPSA) is 111 Å². The van der Waals surface area contributed by atoms with Crippen molar-refractivity contribution < 1.29 is 0 Å². The van der Waals surface area contributed by atoms with Crippen LogP contribution in [0.1, 0.15) is 0 Å². The van der Waals surface area contributed by atoms with E-state index in [2.05, 4.69) is 20.3 Å². The molecule has 0 aliphatic rings. The van der Waals surface area contributed by atoms with Gasteiger partial charge in [-0.15, -0.1) is 10.2 Å². The maximum atomic E-state index is 7.69. The van der Waals surface area contributed by atoms with Crippen molar-refractivity contribution in [2.24, 2.45) is 0 Å². The summed E-state index contributed by atoms with van der Waals surface area (Å²) in [7, 11) is 0. The van der Waals surface area contributed by atoms with Gasteiger partial charge in [-0.1, -0.05) is 0 Å². The first-order chi connectivity index (χ1) is 7.27. The fourth-order valence-corrected chi connectivity index (χ4v) is 1.39. The van der Waals surface area contributed by atoms with Crippen LogP contribution >= 0.6 is 0 Å². The number of pyridine rings is 1. The molecule has 3 N–H and O–H groups in total. The van der Waals surface area contributed by atoms with Crippen molar-refractivity contribution >= 4 is 16.8 Å². The molecule has 8 nitrogen and oxygen atoms in total. The number of nitrogens with one attached hydrogen (secondary N) is 1. The van der Waals surface area contributed by atoms with Crippen LogP contribution in [0.2, 0.25) is 0 Å². The molecule has 0 saturated heterocycles. The number of hydrogen-bond acceptors (Lipinski definition) is 6. The highest BCUT2D eigenvalue weighted by molar-refractivity contribution is 5.73. The van der Waals surface area contributed by atoms with E-state index in [0.29, 0.717) is 16.8 Å². The summed E-state index contributed by atoms with van der Waals surface area (Å²) in [5.41, 5.74) is 1.12. The van der Waals surface area contributed by atoms with E-state index in [-0.39, 0.29) is 5.49 Å². The Labute approximate surface area is 82.5 Å². The van der Waals surface area contributed by atoms with Crippen LogP contribution < -0.4 is 11.3 Å². The van der Waals surface area contributed by atoms with E-state index in [1.165, 1.54) is 15.5 Å². The Morgan fingerprint density at radius 2 is 2.20 bits per heavy atom. The second-order valence-corrected chi connectivity index (χ2v) is 2.98. The standard InChI is InChI=1S/C7H6N8/c8-6-5-4(1-2-14(6)9)15-7(13-12-5)10-3-11-15/h1-3,8H,9H2. The van der Waals surface area contributed by atoms with Crippen molar-refractivity contribution in [2.45, 2.75) is 0 Å². The van der Waals surface area contributed by atoms with Gasteiger partial charge < -0.3 is 5.84 Å². The van der Waals surface area contributed by atoms with Crippen molar-refractivity contribution in [3.63, 3.8) is 0 Å². The Balaban J connectivity index is 2.66. The Bertz CT molecular complexity index is 708. The fraction of sp³-hybridized carbons (Fsp3) is 0. The largest absolute Gasteiger partial charge is 0.338 e. The van der Waals surface area contributed by atoms with Gasteiger partial charge in [0.15, 0.2) is 11.0 Å². The minimum absolute atomic E-state index is 0.0809. The summed E-state index contributed by atoms with van der Waals surface area (Å²) in [4.78, 5) is 3.90. The van der Waals surface area contributed by atoms with E-state index in [0.717, 1.165) is 0 Å². The minimum Gasteiger partial charge on any atom is -0.338 e. The van der Waals surface area contributed by atoms with Crippen molar-refractivity contribution in [3.05, 3.63) is 24.1 Å². The van der Waals surface area contributed by atoms with Gasteiger partial charge in [0.1, 0.15) is 11.8 Å². The molecule has 0 aliphatic heterocycles. The summed E-state index contributed by atoms with van der Waals surface area (Å²) in [5, 5.41) is 19.4. The Morgan fingerprint density at radius 1 is 1.33 bits per heavy atom. The lowest BCUT2D eigenvalue weighted by Gasteiger charge is -2.01. The maximum Gasteiger partial charge on any atom is 0.272 e. The van der Waals surface area contributed by atoms with Crippen LogP contribution in [0.25, 0.3) is 16.8 Å². The quantitative estimate of drug-likeness (QED) is 0.438. The molecule has 15 heavy (non-hydrogen) atoms. The van der Waals surface area contributed by atoms with E-state index < -0.39 is 0 Å². The van der Waals surface area contributed by atoms with Gasteiger partial charge in [0.05, 0.1) is 0 Å². The van der Waals surface area contributed by atoms with E-state index in [9.17, 15) is 0 Å². The lowest BCUT2D eigenvalue weighted by molar-refractivity contribution is 0.863. The molecule has 0 bridgehead atoms. The van der Waals surface area contributed by atoms with Gasteiger partial charge >= 0.3 is 0 Å². The highest BCUT2D eigenvalue weighted by Gasteiger charge is 2.06. The molecular formula is C7H6N8. The SMILES string of the molecule is N=c1c2nnc3ncnn3c2ccn1N. The molecule has 3 rings (SSSR count). The fourth-order valence-electron chi connectivity index (χ4n) is 1.39. The molecule has 3 heterocycles. The number of aromatic nitrogens is 6. The molecule has 0 fully saturated rings. The Morgan fingerprint density at radius 3 is 3.07 bits per heavy atom. The molecule has 0 atom stereocenters. The molecule has 74 valence electrons. The number of fused-ring (bicyclic) bond motifs is 3. The van der Waals surface area contributed by atoms with Gasteiger partial charge in [-0.05, 0) is 6.07 Å². The zero-order chi connectivity index (χ0) is 10.4. The number of hydrogen-bond donors (Lipinski definition) is 2. The third kappa shape index (κ3) is 0.923. The highest BCUT2D eigenvalue weighted by atomic mass is 15.4. The molecule has 3 aromatic rings. The van der Waals surface area contributed by atoms with Gasteiger partial charge in [-0.3, -0.25) is 10.1 Å². The third-order valence-corrected chi connectivity index (χ3v) is 2.12. The zero-order valence-corrected chi connectivity index (χ0v) is 7.49. The number of nitrogens with zero attached hydrogens (tertiary/aromatic N) is 6. The van der Waals surface area contributed by atoms with Gasteiger partial charge in [-0.2, -0.15) is 14.6 Å². The Hall–Kier alpha value is -2.51. The first kappa shape index (κ1) is 7.85. The molecule has 3 aromatic heterocycles. The van der Waals surface area contributed by atoms with E-state index >= 15 is 0 Å². The predicted molar refractivity (Wildman–Crippen MR) is 50.1 cm³/mol. The smallest absolute Gasteiger partial charge is 0.272 e. The zero-order valence-electron chi connectivity index (χ0n) is 7.49. The van der Waals surface area contributed by atoms with Gasteiger partial charge in [-0.25, -0.2) is 0 Å². The van der Waals surface area contributed by atoms with Crippen molar-refractivity contribution in [2.75, 3.05) is 5.84 Å². The molecule has 8 heteroatoms. The van der Waals surface area contributed by atoms with Gasteiger partial charge in [0.25, 0.3) is 5.78 Å². The molecule has 0 radical (unpaired) electrons. The average molecular weight is 202 g/mol. The highest BCUT2D eigenvalue weighted by Crippen LogP contribution is 2.04. The third-order valence-electron chi connectivity index (χ3n) is 2.12. The molecular weight excluding hydrogens is 196 g/mol. The summed E-state index contributed by atoms with van der Waals surface area (Å²) in [6.07, 6.45) is 2.95. The summed E-state index contributed by atoms with van der Waals surface area (Å²) in [6.45, 7) is 0. The predicted octanol–water partition coefficient (Wildman–Crippen LogP) is -1.33. The number of nitrogen functional groups attached to an aromatic ring is 1. The average Bonchev–Trinajstić information content (AvgIpc) is 2.71. The summed E-state index contributed by atoms with van der Waals surface area (Å²) >= 11 is 0. The van der Waals surface area contributed by atoms with Crippen LogP contribution in [0.5, 0.6) is 0 Å². The van der Waals surface area contributed by atoms with Crippen molar-refractivity contribution in [3.8, 4) is 0 Å². The molecule has 0 unspecified atom stereocenters. The van der Waals surface area contributed by atoms with E-state index in [1.54, 1.807) is 12.3 Å². The first-order valence-electron chi connectivity index (χ1n) is 4.15. The summed E-state index contributed by atoms with van der Waals surface area (Å²) in [5.74, 6) is 5.92. The Kier molecular flexibility index (Phi) is 1.31. The van der Waals surface area contributed by atoms with E-state index in [1.807, 2.05) is 0 Å².